The van der Waals surface area contributed by atoms with Crippen LogP contribution in [0.5, 0.6) is 0 Å². The van der Waals surface area contributed by atoms with E-state index in [2.05, 4.69) is 14.9 Å². The van der Waals surface area contributed by atoms with E-state index in [0.717, 1.165) is 0 Å². The van der Waals surface area contributed by atoms with Gasteiger partial charge < -0.3 is 14.9 Å². The second-order valence-corrected chi connectivity index (χ2v) is 3.24. The van der Waals surface area contributed by atoms with E-state index in [4.69, 9.17) is 10.2 Å². The lowest BCUT2D eigenvalue weighted by Crippen LogP contribution is -2.18. The van der Waals surface area contributed by atoms with Gasteiger partial charge in [-0.1, -0.05) is 0 Å². The zero-order valence-corrected chi connectivity index (χ0v) is 8.62. The van der Waals surface area contributed by atoms with Gasteiger partial charge in [-0.15, -0.1) is 10.2 Å². The van der Waals surface area contributed by atoms with Gasteiger partial charge in [0.2, 0.25) is 11.8 Å². The molecule has 0 bridgehead atoms. The van der Waals surface area contributed by atoms with E-state index in [9.17, 15) is 13.2 Å². The number of rotatable bonds is 5. The average molecular weight is 239 g/mol. The third-order valence-corrected chi connectivity index (χ3v) is 1.60. The molecule has 0 saturated carbocycles. The summed E-state index contributed by atoms with van der Waals surface area (Å²) in [6.45, 7) is 0.263. The summed E-state index contributed by atoms with van der Waals surface area (Å²) in [4.78, 5) is 0. The normalized spacial score (nSPS) is 14.1. The Hall–Kier alpha value is -1.15. The van der Waals surface area contributed by atoms with Gasteiger partial charge >= 0.3 is 6.18 Å². The van der Waals surface area contributed by atoms with Crippen LogP contribution in [0.1, 0.15) is 24.7 Å². The quantitative estimate of drug-likeness (QED) is 0.782. The van der Waals surface area contributed by atoms with Gasteiger partial charge in [-0.2, -0.15) is 13.2 Å². The van der Waals surface area contributed by atoms with Crippen molar-refractivity contribution in [1.82, 2.24) is 10.2 Å². The van der Waals surface area contributed by atoms with Gasteiger partial charge in [0.1, 0.15) is 6.61 Å². The van der Waals surface area contributed by atoms with Crippen molar-refractivity contribution in [2.45, 2.75) is 25.6 Å². The summed E-state index contributed by atoms with van der Waals surface area (Å²) in [6, 6.07) is -0.391. The molecule has 0 spiro atoms. The maximum Gasteiger partial charge on any atom is 0.411 e. The highest BCUT2D eigenvalue weighted by Crippen LogP contribution is 2.14. The molecule has 1 heterocycles. The Kier molecular flexibility index (Phi) is 4.25. The van der Waals surface area contributed by atoms with Crippen LogP contribution in [0, 0.1) is 0 Å². The molecule has 1 atom stereocenters. The first kappa shape index (κ1) is 12.9. The third kappa shape index (κ3) is 4.58. The molecule has 5 nitrogen and oxygen atoms in total. The first-order chi connectivity index (χ1) is 7.38. The van der Waals surface area contributed by atoms with Crippen molar-refractivity contribution in [3.05, 3.63) is 11.8 Å². The molecule has 1 unspecified atom stereocenters. The number of aromatic nitrogens is 2. The molecule has 0 aliphatic heterocycles. The first-order valence-electron chi connectivity index (χ1n) is 4.61. The van der Waals surface area contributed by atoms with Crippen molar-refractivity contribution in [2.75, 3.05) is 13.2 Å². The molecule has 0 radical (unpaired) electrons. The predicted molar refractivity (Wildman–Crippen MR) is 47.5 cm³/mol. The Balaban J connectivity index is 2.27. The van der Waals surface area contributed by atoms with Gasteiger partial charge in [0, 0.05) is 6.42 Å². The lowest BCUT2D eigenvalue weighted by atomic mass is 10.4. The summed E-state index contributed by atoms with van der Waals surface area (Å²) in [5.41, 5.74) is 5.46. The lowest BCUT2D eigenvalue weighted by molar-refractivity contribution is -0.173. The number of nitrogens with two attached hydrogens (primary N) is 1. The van der Waals surface area contributed by atoms with Crippen LogP contribution in [0.3, 0.4) is 0 Å². The van der Waals surface area contributed by atoms with Crippen LogP contribution >= 0.6 is 0 Å². The monoisotopic (exact) mass is 239 g/mol. The number of nitrogens with zero attached hydrogens (tertiary/aromatic N) is 2. The molecule has 0 amide bonds. The Morgan fingerprint density at radius 1 is 1.44 bits per heavy atom. The van der Waals surface area contributed by atoms with Gasteiger partial charge in [0.15, 0.2) is 0 Å². The van der Waals surface area contributed by atoms with Crippen molar-refractivity contribution in [2.24, 2.45) is 5.73 Å². The zero-order chi connectivity index (χ0) is 12.2. The summed E-state index contributed by atoms with van der Waals surface area (Å²) < 4.78 is 44.6. The van der Waals surface area contributed by atoms with E-state index in [1.54, 1.807) is 6.92 Å². The van der Waals surface area contributed by atoms with E-state index in [1.165, 1.54) is 0 Å². The van der Waals surface area contributed by atoms with Crippen LogP contribution in [0.4, 0.5) is 13.2 Å². The Morgan fingerprint density at radius 3 is 2.62 bits per heavy atom. The Morgan fingerprint density at radius 2 is 2.12 bits per heavy atom. The molecule has 1 aromatic rings. The van der Waals surface area contributed by atoms with E-state index in [1.807, 2.05) is 0 Å². The fourth-order valence-electron chi connectivity index (χ4n) is 0.899. The Labute approximate surface area is 89.8 Å². The minimum atomic E-state index is -4.31. The third-order valence-electron chi connectivity index (χ3n) is 1.60. The molecule has 92 valence electrons. The predicted octanol–water partition coefficient (Wildman–Crippen LogP) is 1.21. The Bertz CT molecular complexity index is 325. The summed E-state index contributed by atoms with van der Waals surface area (Å²) >= 11 is 0. The van der Waals surface area contributed by atoms with Gasteiger partial charge in [0.05, 0.1) is 12.6 Å². The van der Waals surface area contributed by atoms with E-state index in [-0.39, 0.29) is 24.8 Å². The average Bonchev–Trinajstić information content (AvgIpc) is 2.59. The van der Waals surface area contributed by atoms with Crippen molar-refractivity contribution >= 4 is 0 Å². The fourth-order valence-corrected chi connectivity index (χ4v) is 0.899. The molecular weight excluding hydrogens is 227 g/mol. The van der Waals surface area contributed by atoms with E-state index < -0.39 is 18.8 Å². The number of halogens is 3. The number of alkyl halides is 3. The largest absolute Gasteiger partial charge is 0.424 e. The molecule has 0 aliphatic rings. The van der Waals surface area contributed by atoms with Crippen LogP contribution in [0.2, 0.25) is 0 Å². The van der Waals surface area contributed by atoms with Crippen LogP contribution in [0.15, 0.2) is 4.42 Å². The minimum Gasteiger partial charge on any atom is -0.424 e. The number of hydrogen-bond acceptors (Lipinski definition) is 5. The molecule has 0 aromatic carbocycles. The summed E-state index contributed by atoms with van der Waals surface area (Å²) in [5, 5.41) is 7.24. The SMILES string of the molecule is CC(N)c1nnc(CCOCC(F)(F)F)o1. The summed E-state index contributed by atoms with van der Waals surface area (Å²) in [7, 11) is 0. The van der Waals surface area contributed by atoms with E-state index >= 15 is 0 Å². The smallest absolute Gasteiger partial charge is 0.411 e. The molecule has 0 saturated heterocycles. The molecule has 0 fully saturated rings. The van der Waals surface area contributed by atoms with Crippen molar-refractivity contribution in [3.63, 3.8) is 0 Å². The highest BCUT2D eigenvalue weighted by Gasteiger charge is 2.27. The van der Waals surface area contributed by atoms with Gasteiger partial charge in [-0.3, -0.25) is 0 Å². The molecule has 0 aliphatic carbocycles. The number of ether oxygens (including phenoxy) is 1. The van der Waals surface area contributed by atoms with Crippen LogP contribution < -0.4 is 5.73 Å². The molecule has 1 rings (SSSR count). The molecular formula is C8H12F3N3O2. The van der Waals surface area contributed by atoms with Gasteiger partial charge in [-0.25, -0.2) is 0 Å². The second kappa shape index (κ2) is 5.26. The van der Waals surface area contributed by atoms with Crippen molar-refractivity contribution in [1.29, 1.82) is 0 Å². The number of hydrogen-bond donors (Lipinski definition) is 1. The highest BCUT2D eigenvalue weighted by molar-refractivity contribution is 4.86. The topological polar surface area (TPSA) is 74.2 Å². The molecule has 2 N–H and O–H groups in total. The standard InChI is InChI=1S/C8H12F3N3O2/c1-5(12)7-14-13-6(16-7)2-3-15-4-8(9,10)11/h5H,2-4,12H2,1H3. The maximum absolute atomic E-state index is 11.7. The molecule has 8 heteroatoms. The summed E-state index contributed by atoms with van der Waals surface area (Å²) in [5.74, 6) is 0.472. The molecule has 16 heavy (non-hydrogen) atoms. The molecule has 1 aromatic heterocycles. The second-order valence-electron chi connectivity index (χ2n) is 3.24. The maximum atomic E-state index is 11.7. The van der Waals surface area contributed by atoms with Crippen LogP contribution in [0.25, 0.3) is 0 Å². The van der Waals surface area contributed by atoms with Crippen molar-refractivity contribution < 1.29 is 22.3 Å². The lowest BCUT2D eigenvalue weighted by Gasteiger charge is -2.05. The van der Waals surface area contributed by atoms with Crippen LogP contribution in [-0.4, -0.2) is 29.6 Å². The first-order valence-corrected chi connectivity index (χ1v) is 4.61. The van der Waals surface area contributed by atoms with Crippen LogP contribution in [-0.2, 0) is 11.2 Å². The van der Waals surface area contributed by atoms with Crippen molar-refractivity contribution in [3.8, 4) is 0 Å². The summed E-state index contributed by atoms with van der Waals surface area (Å²) in [6.07, 6.45) is -4.18. The van der Waals surface area contributed by atoms with Gasteiger partial charge in [0.25, 0.3) is 0 Å². The highest BCUT2D eigenvalue weighted by atomic mass is 19.4. The van der Waals surface area contributed by atoms with Gasteiger partial charge in [-0.05, 0) is 6.92 Å². The van der Waals surface area contributed by atoms with E-state index in [0.29, 0.717) is 0 Å². The zero-order valence-electron chi connectivity index (χ0n) is 8.62. The minimum absolute atomic E-state index is 0.125. The fraction of sp³-hybridized carbons (Fsp3) is 0.750.